The third-order valence-corrected chi connectivity index (χ3v) is 1.02. The number of carbonyl (C=O) groups is 2. The minimum absolute atomic E-state index is 0.0448. The van der Waals surface area contributed by atoms with E-state index in [9.17, 15) is 9.59 Å². The Labute approximate surface area is 65.2 Å². The van der Waals surface area contributed by atoms with Gasteiger partial charge in [-0.1, -0.05) is 5.16 Å². The first-order chi connectivity index (χ1) is 5.07. The van der Waals surface area contributed by atoms with Gasteiger partial charge >= 0.3 is 0 Å². The minimum Gasteiger partial charge on any atom is -0.399 e. The fourth-order valence-corrected chi connectivity index (χ4v) is 0.567. The fraction of sp³-hybridized carbons (Fsp3) is 0.571. The predicted molar refractivity (Wildman–Crippen MR) is 40.4 cm³/mol. The van der Waals surface area contributed by atoms with Crippen molar-refractivity contribution >= 4 is 17.3 Å². The van der Waals surface area contributed by atoms with Crippen molar-refractivity contribution in [3.8, 4) is 0 Å². The monoisotopic (exact) mass is 157 g/mol. The second-order valence-corrected chi connectivity index (χ2v) is 2.16. The second kappa shape index (κ2) is 4.60. The number of Topliss-reactive ketones (excluding diaryl/α,β-unsaturated/α-hetero) is 2. The molecule has 0 aliphatic carbocycles. The molecule has 0 unspecified atom stereocenters. The highest BCUT2D eigenvalue weighted by molar-refractivity contribution is 6.41. The van der Waals surface area contributed by atoms with Crippen molar-refractivity contribution in [3.05, 3.63) is 0 Å². The van der Waals surface area contributed by atoms with Crippen LogP contribution in [0.3, 0.4) is 0 Å². The van der Waals surface area contributed by atoms with Crippen LogP contribution in [0.5, 0.6) is 0 Å². The molecule has 0 bridgehead atoms. The summed E-state index contributed by atoms with van der Waals surface area (Å²) in [6, 6.07) is 0. The van der Waals surface area contributed by atoms with Gasteiger partial charge in [-0.15, -0.1) is 0 Å². The lowest BCUT2D eigenvalue weighted by Gasteiger charge is -1.96. The van der Waals surface area contributed by atoms with E-state index < -0.39 is 0 Å². The maximum absolute atomic E-state index is 10.7. The van der Waals surface area contributed by atoms with Crippen molar-refractivity contribution in [2.24, 2.45) is 5.16 Å². The molecule has 0 heterocycles. The lowest BCUT2D eigenvalue weighted by molar-refractivity contribution is -0.117. The zero-order chi connectivity index (χ0) is 8.85. The SMILES string of the molecule is CO/N=C(/CC(C)=O)C(C)=O. The Balaban J connectivity index is 4.23. The lowest BCUT2D eigenvalue weighted by Crippen LogP contribution is -2.13. The number of hydrogen-bond donors (Lipinski definition) is 0. The highest BCUT2D eigenvalue weighted by Gasteiger charge is 2.08. The Morgan fingerprint density at radius 3 is 2.18 bits per heavy atom. The molecule has 0 atom stereocenters. The Kier molecular flexibility index (Phi) is 4.10. The molecule has 0 aromatic heterocycles. The fourth-order valence-electron chi connectivity index (χ4n) is 0.567. The van der Waals surface area contributed by atoms with Crippen LogP contribution in [0.25, 0.3) is 0 Å². The third kappa shape index (κ3) is 4.25. The van der Waals surface area contributed by atoms with Gasteiger partial charge in [-0.25, -0.2) is 0 Å². The highest BCUT2D eigenvalue weighted by Crippen LogP contribution is 1.91. The van der Waals surface area contributed by atoms with Gasteiger partial charge in [0.05, 0.1) is 6.42 Å². The molecule has 62 valence electrons. The summed E-state index contributed by atoms with van der Waals surface area (Å²) in [5, 5.41) is 3.41. The summed E-state index contributed by atoms with van der Waals surface area (Å²) in [6.45, 7) is 2.74. The number of ketones is 2. The molecular weight excluding hydrogens is 146 g/mol. The normalized spacial score (nSPS) is 11.0. The van der Waals surface area contributed by atoms with Crippen LogP contribution in [-0.4, -0.2) is 24.4 Å². The largest absolute Gasteiger partial charge is 0.399 e. The van der Waals surface area contributed by atoms with Crippen LogP contribution in [0.2, 0.25) is 0 Å². The molecule has 0 saturated carbocycles. The van der Waals surface area contributed by atoms with Crippen LogP contribution in [0.1, 0.15) is 20.3 Å². The third-order valence-electron chi connectivity index (χ3n) is 1.02. The summed E-state index contributed by atoms with van der Waals surface area (Å²) in [6.07, 6.45) is 0.0448. The molecule has 0 N–H and O–H groups in total. The topological polar surface area (TPSA) is 55.7 Å². The standard InChI is InChI=1S/C7H11NO3/c1-5(9)4-7(6(2)10)8-11-3/h4H2,1-3H3/b8-7-. The molecule has 0 saturated heterocycles. The average Bonchev–Trinajstić information content (AvgIpc) is 1.86. The maximum atomic E-state index is 10.7. The van der Waals surface area contributed by atoms with E-state index in [0.29, 0.717) is 0 Å². The molecule has 0 aromatic rings. The van der Waals surface area contributed by atoms with Crippen molar-refractivity contribution in [3.63, 3.8) is 0 Å². The molecule has 0 fully saturated rings. The van der Waals surface area contributed by atoms with E-state index >= 15 is 0 Å². The van der Waals surface area contributed by atoms with E-state index in [1.807, 2.05) is 0 Å². The van der Waals surface area contributed by atoms with Gasteiger partial charge in [0.25, 0.3) is 0 Å². The maximum Gasteiger partial charge on any atom is 0.177 e. The first-order valence-electron chi connectivity index (χ1n) is 3.18. The van der Waals surface area contributed by atoms with Gasteiger partial charge in [0.1, 0.15) is 18.6 Å². The van der Waals surface area contributed by atoms with Crippen LogP contribution < -0.4 is 0 Å². The molecule has 0 amide bonds. The van der Waals surface area contributed by atoms with Gasteiger partial charge in [-0.3, -0.25) is 9.59 Å². The second-order valence-electron chi connectivity index (χ2n) is 2.16. The summed E-state index contributed by atoms with van der Waals surface area (Å²) in [5.41, 5.74) is 0.167. The van der Waals surface area contributed by atoms with E-state index in [1.54, 1.807) is 0 Å². The molecule has 0 radical (unpaired) electrons. The van der Waals surface area contributed by atoms with E-state index in [0.717, 1.165) is 0 Å². The first kappa shape index (κ1) is 9.81. The smallest absolute Gasteiger partial charge is 0.177 e. The molecule has 11 heavy (non-hydrogen) atoms. The Bertz CT molecular complexity index is 196. The minimum atomic E-state index is -0.234. The van der Waals surface area contributed by atoms with Gasteiger partial charge in [-0.2, -0.15) is 0 Å². The molecule has 0 aliphatic rings. The summed E-state index contributed by atoms with van der Waals surface area (Å²) in [7, 11) is 1.34. The molecular formula is C7H11NO3. The summed E-state index contributed by atoms with van der Waals surface area (Å²) in [5.74, 6) is -0.335. The molecule has 0 spiro atoms. The molecule has 4 heteroatoms. The van der Waals surface area contributed by atoms with Gasteiger partial charge in [0, 0.05) is 6.92 Å². The van der Waals surface area contributed by atoms with Gasteiger partial charge in [-0.05, 0) is 6.92 Å². The average molecular weight is 157 g/mol. The molecule has 0 rings (SSSR count). The number of carbonyl (C=O) groups excluding carboxylic acids is 2. The summed E-state index contributed by atoms with van der Waals surface area (Å²) < 4.78 is 0. The van der Waals surface area contributed by atoms with Crippen molar-refractivity contribution in [1.29, 1.82) is 0 Å². The van der Waals surface area contributed by atoms with Crippen molar-refractivity contribution in [2.45, 2.75) is 20.3 Å². The number of oxime groups is 1. The quantitative estimate of drug-likeness (QED) is 0.442. The lowest BCUT2D eigenvalue weighted by atomic mass is 10.1. The van der Waals surface area contributed by atoms with E-state index in [4.69, 9.17) is 0 Å². The van der Waals surface area contributed by atoms with Crippen LogP contribution in [0, 0.1) is 0 Å². The van der Waals surface area contributed by atoms with Crippen molar-refractivity contribution in [2.75, 3.05) is 7.11 Å². The predicted octanol–water partition coefficient (Wildman–Crippen LogP) is 0.557. The van der Waals surface area contributed by atoms with E-state index in [1.165, 1.54) is 21.0 Å². The van der Waals surface area contributed by atoms with Crippen LogP contribution >= 0.6 is 0 Å². The first-order valence-corrected chi connectivity index (χ1v) is 3.18. The van der Waals surface area contributed by atoms with E-state index in [-0.39, 0.29) is 23.7 Å². The summed E-state index contributed by atoms with van der Waals surface area (Å²) >= 11 is 0. The van der Waals surface area contributed by atoms with Gasteiger partial charge in [0.15, 0.2) is 5.78 Å². The Hall–Kier alpha value is -1.19. The summed E-state index contributed by atoms with van der Waals surface area (Å²) in [4.78, 5) is 25.6. The molecule has 0 aliphatic heterocycles. The number of rotatable bonds is 4. The molecule has 0 aromatic carbocycles. The number of hydrogen-bond acceptors (Lipinski definition) is 4. The van der Waals surface area contributed by atoms with Crippen LogP contribution in [-0.2, 0) is 14.4 Å². The number of nitrogens with zero attached hydrogens (tertiary/aromatic N) is 1. The van der Waals surface area contributed by atoms with Crippen LogP contribution in [0.4, 0.5) is 0 Å². The zero-order valence-electron chi connectivity index (χ0n) is 6.88. The van der Waals surface area contributed by atoms with Gasteiger partial charge in [0.2, 0.25) is 0 Å². The Morgan fingerprint density at radius 2 is 1.91 bits per heavy atom. The van der Waals surface area contributed by atoms with Gasteiger partial charge < -0.3 is 4.84 Å². The molecule has 4 nitrogen and oxygen atoms in total. The van der Waals surface area contributed by atoms with Crippen LogP contribution in [0.15, 0.2) is 5.16 Å². The highest BCUT2D eigenvalue weighted by atomic mass is 16.6. The van der Waals surface area contributed by atoms with Crippen molar-refractivity contribution < 1.29 is 14.4 Å². The van der Waals surface area contributed by atoms with Crippen molar-refractivity contribution in [1.82, 2.24) is 0 Å². The van der Waals surface area contributed by atoms with E-state index in [2.05, 4.69) is 9.99 Å². The zero-order valence-corrected chi connectivity index (χ0v) is 6.88. The Morgan fingerprint density at radius 1 is 1.36 bits per heavy atom.